The molecule has 0 spiro atoms. The van der Waals surface area contributed by atoms with E-state index in [0.717, 1.165) is 37.3 Å². The van der Waals surface area contributed by atoms with E-state index in [0.29, 0.717) is 17.1 Å². The first-order valence-electron chi connectivity index (χ1n) is 10.5. The zero-order valence-corrected chi connectivity index (χ0v) is 18.2. The monoisotopic (exact) mass is 448 g/mol. The van der Waals surface area contributed by atoms with E-state index in [1.54, 1.807) is 12.1 Å². The fourth-order valence-electron chi connectivity index (χ4n) is 4.68. The third kappa shape index (κ3) is 2.43. The molecule has 2 aliphatic heterocycles. The highest BCUT2D eigenvalue weighted by molar-refractivity contribution is 6.33. The SMILES string of the molecule is CN1C(=O)C(=C(C#N)c2cc3c4c(c2)c2ccccc2n4-c2ccccc2O3)C(=O)N(C)C1=O. The summed E-state index contributed by atoms with van der Waals surface area (Å²) in [7, 11) is 2.56. The van der Waals surface area contributed by atoms with Crippen LogP contribution in [0.15, 0.2) is 66.2 Å². The van der Waals surface area contributed by atoms with Crippen LogP contribution in [-0.2, 0) is 9.59 Å². The maximum Gasteiger partial charge on any atom is 0.333 e. The molecule has 8 nitrogen and oxygen atoms in total. The highest BCUT2D eigenvalue weighted by Crippen LogP contribution is 2.46. The van der Waals surface area contributed by atoms with Crippen molar-refractivity contribution in [3.8, 4) is 23.3 Å². The number of carbonyl (C=O) groups is 3. The van der Waals surface area contributed by atoms with E-state index in [1.807, 2.05) is 54.6 Å². The first-order valence-corrected chi connectivity index (χ1v) is 10.5. The van der Waals surface area contributed by atoms with E-state index >= 15 is 0 Å². The maximum atomic E-state index is 12.9. The second-order valence-electron chi connectivity index (χ2n) is 8.17. The molecule has 6 rings (SSSR count). The van der Waals surface area contributed by atoms with Crippen molar-refractivity contribution in [1.82, 2.24) is 14.4 Å². The van der Waals surface area contributed by atoms with Crippen LogP contribution in [0.2, 0.25) is 0 Å². The Bertz CT molecular complexity index is 1660. The number of nitrogens with zero attached hydrogens (tertiary/aromatic N) is 4. The molecule has 4 aromatic rings. The summed E-state index contributed by atoms with van der Waals surface area (Å²) in [4.78, 5) is 39.6. The Morgan fingerprint density at radius 2 is 1.53 bits per heavy atom. The Kier molecular flexibility index (Phi) is 3.95. The van der Waals surface area contributed by atoms with E-state index in [1.165, 1.54) is 14.1 Å². The van der Waals surface area contributed by atoms with Gasteiger partial charge in [-0.1, -0.05) is 30.3 Å². The van der Waals surface area contributed by atoms with E-state index in [2.05, 4.69) is 4.57 Å². The lowest BCUT2D eigenvalue weighted by molar-refractivity contribution is -0.134. The summed E-state index contributed by atoms with van der Waals surface area (Å²) in [6.07, 6.45) is 0. The second-order valence-corrected chi connectivity index (χ2v) is 8.17. The van der Waals surface area contributed by atoms with Gasteiger partial charge in [0.25, 0.3) is 11.8 Å². The molecule has 1 aromatic heterocycles. The molecular formula is C26H16N4O4. The molecule has 2 aliphatic rings. The lowest BCUT2D eigenvalue weighted by atomic mass is 9.96. The van der Waals surface area contributed by atoms with Crippen molar-refractivity contribution in [2.24, 2.45) is 0 Å². The molecular weight excluding hydrogens is 432 g/mol. The lowest BCUT2D eigenvalue weighted by Gasteiger charge is -2.29. The highest BCUT2D eigenvalue weighted by atomic mass is 16.5. The molecule has 0 unspecified atom stereocenters. The summed E-state index contributed by atoms with van der Waals surface area (Å²) in [6.45, 7) is 0. The number of benzene rings is 3. The van der Waals surface area contributed by atoms with E-state index < -0.39 is 17.8 Å². The maximum absolute atomic E-state index is 12.9. The van der Waals surface area contributed by atoms with Crippen LogP contribution >= 0.6 is 0 Å². The highest BCUT2D eigenvalue weighted by Gasteiger charge is 2.40. The normalized spacial score (nSPS) is 15.0. The molecule has 0 aliphatic carbocycles. The van der Waals surface area contributed by atoms with Crippen LogP contribution in [0.1, 0.15) is 5.56 Å². The Hall–Kier alpha value is -4.90. The topological polar surface area (TPSA) is 95.6 Å². The van der Waals surface area contributed by atoms with Crippen molar-refractivity contribution in [2.75, 3.05) is 14.1 Å². The number of para-hydroxylation sites is 3. The van der Waals surface area contributed by atoms with Gasteiger partial charge in [-0.25, -0.2) is 4.79 Å². The Labute approximate surface area is 193 Å². The number of allylic oxidation sites excluding steroid dienone is 1. The number of rotatable bonds is 1. The zero-order chi connectivity index (χ0) is 23.7. The van der Waals surface area contributed by atoms with Gasteiger partial charge in [0.1, 0.15) is 11.6 Å². The summed E-state index contributed by atoms with van der Waals surface area (Å²) in [5, 5.41) is 11.8. The summed E-state index contributed by atoms with van der Waals surface area (Å²) >= 11 is 0. The van der Waals surface area contributed by atoms with Gasteiger partial charge in [0.15, 0.2) is 11.5 Å². The summed E-state index contributed by atoms with van der Waals surface area (Å²) < 4.78 is 8.33. The number of fused-ring (bicyclic) bond motifs is 5. The van der Waals surface area contributed by atoms with Gasteiger partial charge in [0.2, 0.25) is 0 Å². The van der Waals surface area contributed by atoms with Crippen LogP contribution in [0.3, 0.4) is 0 Å². The molecule has 3 heterocycles. The van der Waals surface area contributed by atoms with Crippen molar-refractivity contribution in [1.29, 1.82) is 5.26 Å². The largest absolute Gasteiger partial charge is 0.453 e. The van der Waals surface area contributed by atoms with E-state index in [-0.39, 0.29) is 11.1 Å². The van der Waals surface area contributed by atoms with Gasteiger partial charge in [-0.05, 0) is 35.9 Å². The first kappa shape index (κ1) is 19.8. The number of barbiturate groups is 1. The molecule has 34 heavy (non-hydrogen) atoms. The quantitative estimate of drug-likeness (QED) is 0.217. The lowest BCUT2D eigenvalue weighted by Crippen LogP contribution is -2.53. The molecule has 0 atom stereocenters. The van der Waals surface area contributed by atoms with Crippen LogP contribution in [0, 0.1) is 11.3 Å². The molecule has 0 bridgehead atoms. The first-order chi connectivity index (χ1) is 16.4. The van der Waals surface area contributed by atoms with Crippen LogP contribution in [-0.4, -0.2) is 46.3 Å². The van der Waals surface area contributed by atoms with Crippen LogP contribution < -0.4 is 4.74 Å². The standard InChI is InChI=1S/C26H16N4O4/c1-28-24(31)22(25(32)29(2)26(28)33)17(13-27)14-11-16-15-7-3-4-8-18(15)30-19-9-5-6-10-20(19)34-21(12-14)23(16)30/h3-12H,1-2H3. The number of imide groups is 2. The van der Waals surface area contributed by atoms with E-state index in [4.69, 9.17) is 4.74 Å². The number of likely N-dealkylation sites (N-methyl/N-ethyl adjacent to an activating group) is 2. The molecule has 4 amide bonds. The van der Waals surface area contributed by atoms with Crippen molar-refractivity contribution in [3.63, 3.8) is 0 Å². The second kappa shape index (κ2) is 6.80. The fourth-order valence-corrected chi connectivity index (χ4v) is 4.68. The molecule has 164 valence electrons. The predicted molar refractivity (Wildman–Crippen MR) is 124 cm³/mol. The predicted octanol–water partition coefficient (Wildman–Crippen LogP) is 4.22. The van der Waals surface area contributed by atoms with Crippen molar-refractivity contribution in [2.45, 2.75) is 0 Å². The van der Waals surface area contributed by atoms with Crippen LogP contribution in [0.5, 0.6) is 11.5 Å². The van der Waals surface area contributed by atoms with Crippen LogP contribution in [0.25, 0.3) is 33.1 Å². The molecule has 8 heteroatoms. The smallest absolute Gasteiger partial charge is 0.333 e. The van der Waals surface area contributed by atoms with Gasteiger partial charge in [0.05, 0.1) is 22.3 Å². The van der Waals surface area contributed by atoms with Crippen molar-refractivity contribution >= 4 is 45.2 Å². The van der Waals surface area contributed by atoms with Crippen LogP contribution in [0.4, 0.5) is 4.79 Å². The fraction of sp³-hybridized carbons (Fsp3) is 0.0769. The van der Waals surface area contributed by atoms with Gasteiger partial charge in [-0.15, -0.1) is 0 Å². The third-order valence-corrected chi connectivity index (χ3v) is 6.32. The van der Waals surface area contributed by atoms with E-state index in [9.17, 15) is 19.6 Å². The molecule has 0 N–H and O–H groups in total. The summed E-state index contributed by atoms with van der Waals surface area (Å²) in [5.74, 6) is -0.473. The number of urea groups is 1. The van der Waals surface area contributed by atoms with Gasteiger partial charge in [0, 0.05) is 24.9 Å². The zero-order valence-electron chi connectivity index (χ0n) is 18.2. The van der Waals surface area contributed by atoms with Gasteiger partial charge in [-0.3, -0.25) is 19.4 Å². The van der Waals surface area contributed by atoms with Gasteiger partial charge >= 0.3 is 6.03 Å². The minimum absolute atomic E-state index is 0.112. The number of hydrogen-bond donors (Lipinski definition) is 0. The minimum Gasteiger partial charge on any atom is -0.453 e. The molecule has 3 aromatic carbocycles. The summed E-state index contributed by atoms with van der Waals surface area (Å²) in [5.41, 5.74) is 2.59. The molecule has 1 fully saturated rings. The van der Waals surface area contributed by atoms with Gasteiger partial charge in [-0.2, -0.15) is 5.26 Å². The minimum atomic E-state index is -0.813. The average molecular weight is 448 g/mol. The number of nitriles is 1. The Morgan fingerprint density at radius 3 is 2.26 bits per heavy atom. The molecule has 0 saturated carbocycles. The third-order valence-electron chi connectivity index (χ3n) is 6.32. The van der Waals surface area contributed by atoms with Crippen molar-refractivity contribution < 1.29 is 19.1 Å². The Balaban J connectivity index is 1.70. The Morgan fingerprint density at radius 1 is 0.853 bits per heavy atom. The number of hydrogen-bond acceptors (Lipinski definition) is 5. The van der Waals surface area contributed by atoms with Gasteiger partial charge < -0.3 is 9.30 Å². The molecule has 1 saturated heterocycles. The molecule has 0 radical (unpaired) electrons. The van der Waals surface area contributed by atoms with Crippen molar-refractivity contribution in [3.05, 3.63) is 71.8 Å². The number of amides is 4. The number of aromatic nitrogens is 1. The number of carbonyl (C=O) groups excluding carboxylic acids is 3. The average Bonchev–Trinajstić information content (AvgIpc) is 3.20. The number of ether oxygens (including phenoxy) is 1. The summed E-state index contributed by atoms with van der Waals surface area (Å²) in [6, 6.07) is 20.2.